The third-order valence-corrected chi connectivity index (χ3v) is 5.93. The van der Waals surface area contributed by atoms with Crippen LogP contribution in [0.1, 0.15) is 40.1 Å². The van der Waals surface area contributed by atoms with Gasteiger partial charge >= 0.3 is 5.97 Å². The third-order valence-electron chi connectivity index (χ3n) is 5.93. The number of ether oxygens (including phenoxy) is 2. The highest BCUT2D eigenvalue weighted by Gasteiger charge is 2.25. The fourth-order valence-electron chi connectivity index (χ4n) is 4.28. The maximum absolute atomic E-state index is 13.0. The molecule has 2 heterocycles. The summed E-state index contributed by atoms with van der Waals surface area (Å²) < 4.78 is 10.7. The van der Waals surface area contributed by atoms with E-state index in [4.69, 9.17) is 15.2 Å². The second-order valence-corrected chi connectivity index (χ2v) is 8.84. The van der Waals surface area contributed by atoms with Crippen molar-refractivity contribution in [2.24, 2.45) is 0 Å². The molecule has 3 N–H and O–H groups in total. The number of benzene rings is 2. The van der Waals surface area contributed by atoms with Gasteiger partial charge in [-0.2, -0.15) is 0 Å². The molecule has 2 aromatic carbocycles. The lowest BCUT2D eigenvalue weighted by Crippen LogP contribution is -2.55. The lowest BCUT2D eigenvalue weighted by atomic mass is 10.0. The first-order chi connectivity index (χ1) is 16.8. The van der Waals surface area contributed by atoms with Gasteiger partial charge in [-0.05, 0) is 55.3 Å². The van der Waals surface area contributed by atoms with Crippen molar-refractivity contribution in [3.63, 3.8) is 0 Å². The molecule has 8 heteroatoms. The summed E-state index contributed by atoms with van der Waals surface area (Å²) in [4.78, 5) is 30.9. The highest BCUT2D eigenvalue weighted by atomic mass is 16.5. The molecule has 8 nitrogen and oxygen atoms in total. The average molecular weight is 475 g/mol. The summed E-state index contributed by atoms with van der Waals surface area (Å²) in [5.41, 5.74) is 9.66. The molecule has 1 amide bonds. The molecule has 2 unspecified atom stereocenters. The van der Waals surface area contributed by atoms with Gasteiger partial charge in [-0.15, -0.1) is 0 Å². The van der Waals surface area contributed by atoms with Crippen LogP contribution in [0.2, 0.25) is 0 Å². The number of carbonyl (C=O) groups excluding carboxylic acids is 2. The normalized spacial score (nSPS) is 17.6. The predicted molar refractivity (Wildman–Crippen MR) is 134 cm³/mol. The van der Waals surface area contributed by atoms with Crippen LogP contribution in [-0.2, 0) is 11.3 Å². The van der Waals surface area contributed by atoms with Crippen LogP contribution in [0.15, 0.2) is 60.8 Å². The summed E-state index contributed by atoms with van der Waals surface area (Å²) in [5.74, 6) is 0.338. The lowest BCUT2D eigenvalue weighted by molar-refractivity contribution is 0.0600. The van der Waals surface area contributed by atoms with E-state index in [9.17, 15) is 9.59 Å². The number of piperazine rings is 1. The number of pyridine rings is 1. The van der Waals surface area contributed by atoms with E-state index in [1.54, 1.807) is 24.4 Å². The molecule has 1 aliphatic rings. The molecular weight excluding hydrogens is 444 g/mol. The van der Waals surface area contributed by atoms with E-state index in [2.05, 4.69) is 24.1 Å². The molecule has 0 bridgehead atoms. The SMILES string of the molecule is COC(=O)c1cccc(COc2cc(-c3ccc(C(=O)N4CC(C)NC(C)C4)cc3)cnc2N)c1. The highest BCUT2D eigenvalue weighted by molar-refractivity contribution is 5.95. The Morgan fingerprint density at radius 1 is 1.03 bits per heavy atom. The van der Waals surface area contributed by atoms with E-state index in [-0.39, 0.29) is 30.4 Å². The van der Waals surface area contributed by atoms with Crippen LogP contribution in [0.5, 0.6) is 5.75 Å². The fourth-order valence-corrected chi connectivity index (χ4v) is 4.28. The topological polar surface area (TPSA) is 107 Å². The molecule has 0 saturated carbocycles. The summed E-state index contributed by atoms with van der Waals surface area (Å²) in [7, 11) is 1.35. The van der Waals surface area contributed by atoms with E-state index < -0.39 is 5.97 Å². The first kappa shape index (κ1) is 24.2. The van der Waals surface area contributed by atoms with Gasteiger partial charge in [-0.1, -0.05) is 24.3 Å². The Hall–Kier alpha value is -3.91. The van der Waals surface area contributed by atoms with Gasteiger partial charge in [0, 0.05) is 42.5 Å². The average Bonchev–Trinajstić information content (AvgIpc) is 2.87. The minimum Gasteiger partial charge on any atom is -0.485 e. The molecule has 35 heavy (non-hydrogen) atoms. The zero-order valence-corrected chi connectivity index (χ0v) is 20.2. The van der Waals surface area contributed by atoms with Crippen molar-refractivity contribution in [3.05, 3.63) is 77.5 Å². The molecule has 1 saturated heterocycles. The predicted octanol–water partition coefficient (Wildman–Crippen LogP) is 3.52. The van der Waals surface area contributed by atoms with Crippen LogP contribution < -0.4 is 15.8 Å². The number of nitrogens with two attached hydrogens (primary N) is 1. The van der Waals surface area contributed by atoms with Gasteiger partial charge in [0.15, 0.2) is 11.6 Å². The van der Waals surface area contributed by atoms with Crippen molar-refractivity contribution in [2.75, 3.05) is 25.9 Å². The van der Waals surface area contributed by atoms with E-state index >= 15 is 0 Å². The number of nitrogen functional groups attached to an aromatic ring is 1. The Morgan fingerprint density at radius 2 is 1.74 bits per heavy atom. The van der Waals surface area contributed by atoms with Crippen molar-refractivity contribution >= 4 is 17.7 Å². The summed E-state index contributed by atoms with van der Waals surface area (Å²) >= 11 is 0. The van der Waals surface area contributed by atoms with Crippen LogP contribution in [0.25, 0.3) is 11.1 Å². The van der Waals surface area contributed by atoms with Crippen molar-refractivity contribution in [3.8, 4) is 16.9 Å². The van der Waals surface area contributed by atoms with Gasteiger partial charge in [0.2, 0.25) is 0 Å². The minimum atomic E-state index is -0.405. The second kappa shape index (κ2) is 10.6. The highest BCUT2D eigenvalue weighted by Crippen LogP contribution is 2.28. The van der Waals surface area contributed by atoms with Crippen LogP contribution in [-0.4, -0.2) is 54.0 Å². The monoisotopic (exact) mass is 474 g/mol. The van der Waals surface area contributed by atoms with Crippen LogP contribution in [0.3, 0.4) is 0 Å². The van der Waals surface area contributed by atoms with Crippen molar-refractivity contribution < 1.29 is 19.1 Å². The number of esters is 1. The second-order valence-electron chi connectivity index (χ2n) is 8.84. The number of hydrogen-bond acceptors (Lipinski definition) is 7. The number of aromatic nitrogens is 1. The molecule has 0 spiro atoms. The molecule has 1 fully saturated rings. The number of carbonyl (C=O) groups is 2. The zero-order valence-electron chi connectivity index (χ0n) is 20.2. The number of nitrogens with zero attached hydrogens (tertiary/aromatic N) is 2. The quantitative estimate of drug-likeness (QED) is 0.527. The Bertz CT molecular complexity index is 1200. The molecule has 0 aliphatic carbocycles. The fraction of sp³-hybridized carbons (Fsp3) is 0.296. The Kier molecular flexibility index (Phi) is 7.31. The Labute approximate surface area is 205 Å². The molecule has 4 rings (SSSR count). The van der Waals surface area contributed by atoms with Gasteiger partial charge < -0.3 is 25.4 Å². The molecule has 2 atom stereocenters. The van der Waals surface area contributed by atoms with Crippen molar-refractivity contribution in [1.82, 2.24) is 15.2 Å². The van der Waals surface area contributed by atoms with Crippen molar-refractivity contribution in [2.45, 2.75) is 32.5 Å². The molecule has 3 aromatic rings. The molecule has 1 aromatic heterocycles. The van der Waals surface area contributed by atoms with Crippen molar-refractivity contribution in [1.29, 1.82) is 0 Å². The van der Waals surface area contributed by atoms with E-state index in [0.29, 0.717) is 30.0 Å². The smallest absolute Gasteiger partial charge is 0.337 e. The van der Waals surface area contributed by atoms with Gasteiger partial charge in [-0.3, -0.25) is 4.79 Å². The largest absolute Gasteiger partial charge is 0.485 e. The first-order valence-corrected chi connectivity index (χ1v) is 11.6. The van der Waals surface area contributed by atoms with Gasteiger partial charge in [-0.25, -0.2) is 9.78 Å². The zero-order chi connectivity index (χ0) is 24.9. The van der Waals surface area contributed by atoms with Crippen LogP contribution in [0.4, 0.5) is 5.82 Å². The van der Waals surface area contributed by atoms with Gasteiger partial charge in [0.25, 0.3) is 5.91 Å². The number of anilines is 1. The van der Waals surface area contributed by atoms with Gasteiger partial charge in [0.05, 0.1) is 12.7 Å². The van der Waals surface area contributed by atoms with E-state index in [0.717, 1.165) is 16.7 Å². The molecule has 0 radical (unpaired) electrons. The number of amides is 1. The summed E-state index contributed by atoms with van der Waals surface area (Å²) in [6.45, 7) is 5.77. The van der Waals surface area contributed by atoms with Crippen LogP contribution in [0, 0.1) is 0 Å². The lowest BCUT2D eigenvalue weighted by Gasteiger charge is -2.36. The number of hydrogen-bond donors (Lipinski definition) is 2. The van der Waals surface area contributed by atoms with E-state index in [1.165, 1.54) is 7.11 Å². The first-order valence-electron chi connectivity index (χ1n) is 11.6. The summed E-state index contributed by atoms with van der Waals surface area (Å²) in [5, 5.41) is 3.44. The molecule has 1 aliphatic heterocycles. The standard InChI is InChI=1S/C27H30N4O4/c1-17-14-31(15-18(2)30-17)26(32)21-9-7-20(8-10-21)23-12-24(25(28)29-13-23)35-16-19-5-4-6-22(11-19)27(33)34-3/h4-13,17-18,30H,14-16H2,1-3H3,(H2,28,29). The summed E-state index contributed by atoms with van der Waals surface area (Å²) in [6.07, 6.45) is 1.68. The molecular formula is C27H30N4O4. The third kappa shape index (κ3) is 5.78. The number of nitrogens with one attached hydrogen (secondary N) is 1. The minimum absolute atomic E-state index is 0.0328. The van der Waals surface area contributed by atoms with Crippen LogP contribution >= 0.6 is 0 Å². The molecule has 182 valence electrons. The number of rotatable bonds is 6. The number of methoxy groups -OCH3 is 1. The Balaban J connectivity index is 1.46. The maximum atomic E-state index is 13.0. The maximum Gasteiger partial charge on any atom is 0.337 e. The van der Waals surface area contributed by atoms with Gasteiger partial charge in [0.1, 0.15) is 6.61 Å². The Morgan fingerprint density at radius 3 is 2.43 bits per heavy atom. The summed E-state index contributed by atoms with van der Waals surface area (Å²) in [6, 6.07) is 16.9. The van der Waals surface area contributed by atoms with E-state index in [1.807, 2.05) is 41.3 Å².